The standard InChI is InChI=1S/C13H11BrFN5/c1-8(9-4-2-3-5-11(9)15)18-13-16-6-10(14)12-19-17-7-20(12)13/h2-8H,1H3,(H,16,18). The summed E-state index contributed by atoms with van der Waals surface area (Å²) in [5, 5.41) is 11.0. The van der Waals surface area contributed by atoms with Crippen LogP contribution in [0.25, 0.3) is 5.65 Å². The Hall–Kier alpha value is -2.02. The van der Waals surface area contributed by atoms with Crippen LogP contribution in [-0.2, 0) is 0 Å². The van der Waals surface area contributed by atoms with Crippen molar-refractivity contribution in [1.29, 1.82) is 0 Å². The molecule has 1 unspecified atom stereocenters. The Morgan fingerprint density at radius 1 is 1.35 bits per heavy atom. The zero-order valence-electron chi connectivity index (χ0n) is 10.6. The highest BCUT2D eigenvalue weighted by Crippen LogP contribution is 2.23. The second-order valence-electron chi connectivity index (χ2n) is 4.34. The molecule has 1 N–H and O–H groups in total. The topological polar surface area (TPSA) is 55.1 Å². The average molecular weight is 336 g/mol. The predicted octanol–water partition coefficient (Wildman–Crippen LogP) is 3.20. The van der Waals surface area contributed by atoms with Crippen molar-refractivity contribution < 1.29 is 4.39 Å². The Morgan fingerprint density at radius 2 is 2.15 bits per heavy atom. The van der Waals surface area contributed by atoms with Gasteiger partial charge in [0.05, 0.1) is 10.5 Å². The van der Waals surface area contributed by atoms with E-state index in [2.05, 4.69) is 36.4 Å². The zero-order chi connectivity index (χ0) is 14.1. The molecule has 20 heavy (non-hydrogen) atoms. The zero-order valence-corrected chi connectivity index (χ0v) is 12.2. The van der Waals surface area contributed by atoms with Gasteiger partial charge in [0.15, 0.2) is 5.65 Å². The second kappa shape index (κ2) is 5.16. The molecule has 7 heteroatoms. The van der Waals surface area contributed by atoms with Crippen LogP contribution in [0.2, 0.25) is 0 Å². The highest BCUT2D eigenvalue weighted by molar-refractivity contribution is 9.10. The minimum absolute atomic E-state index is 0.226. The van der Waals surface area contributed by atoms with E-state index in [-0.39, 0.29) is 11.9 Å². The Balaban J connectivity index is 1.96. The van der Waals surface area contributed by atoms with Crippen LogP contribution < -0.4 is 5.32 Å². The molecule has 2 heterocycles. The molecular formula is C13H11BrFN5. The minimum Gasteiger partial charge on any atom is -0.349 e. The summed E-state index contributed by atoms with van der Waals surface area (Å²) in [5.74, 6) is 0.313. The van der Waals surface area contributed by atoms with Gasteiger partial charge in [0.2, 0.25) is 5.95 Å². The van der Waals surface area contributed by atoms with E-state index >= 15 is 0 Å². The molecule has 3 aromatic rings. The van der Waals surface area contributed by atoms with E-state index in [1.807, 2.05) is 6.92 Å². The van der Waals surface area contributed by atoms with Crippen LogP contribution in [0, 0.1) is 5.82 Å². The fourth-order valence-corrected chi connectivity index (χ4v) is 2.37. The van der Waals surface area contributed by atoms with Crippen LogP contribution >= 0.6 is 15.9 Å². The molecule has 3 rings (SSSR count). The van der Waals surface area contributed by atoms with E-state index < -0.39 is 0 Å². The molecule has 1 atom stereocenters. The monoisotopic (exact) mass is 335 g/mol. The van der Waals surface area contributed by atoms with Gasteiger partial charge < -0.3 is 5.32 Å². The second-order valence-corrected chi connectivity index (χ2v) is 5.20. The summed E-state index contributed by atoms with van der Waals surface area (Å²) in [6.07, 6.45) is 3.20. The van der Waals surface area contributed by atoms with Crippen molar-refractivity contribution in [3.05, 3.63) is 52.6 Å². The van der Waals surface area contributed by atoms with Gasteiger partial charge in [-0.3, -0.25) is 4.40 Å². The summed E-state index contributed by atoms with van der Waals surface area (Å²) in [5.41, 5.74) is 1.24. The summed E-state index contributed by atoms with van der Waals surface area (Å²) in [7, 11) is 0. The first kappa shape index (κ1) is 13.0. The van der Waals surface area contributed by atoms with Gasteiger partial charge in [0.25, 0.3) is 0 Å². The Labute approximate surface area is 123 Å². The first-order valence-corrected chi connectivity index (χ1v) is 6.81. The molecule has 1 aromatic carbocycles. The number of nitrogens with zero attached hydrogens (tertiary/aromatic N) is 4. The molecule has 0 amide bonds. The molecule has 0 saturated carbocycles. The van der Waals surface area contributed by atoms with E-state index in [1.54, 1.807) is 35.1 Å². The third-order valence-corrected chi connectivity index (χ3v) is 3.57. The quantitative estimate of drug-likeness (QED) is 0.798. The molecule has 102 valence electrons. The van der Waals surface area contributed by atoms with Crippen molar-refractivity contribution in [1.82, 2.24) is 19.6 Å². The third-order valence-electron chi connectivity index (χ3n) is 3.01. The minimum atomic E-state index is -0.246. The van der Waals surface area contributed by atoms with Crippen LogP contribution in [0.1, 0.15) is 18.5 Å². The molecule has 2 aromatic heterocycles. The highest BCUT2D eigenvalue weighted by atomic mass is 79.9. The van der Waals surface area contributed by atoms with E-state index in [0.717, 1.165) is 4.47 Å². The maximum atomic E-state index is 13.8. The lowest BCUT2D eigenvalue weighted by Gasteiger charge is -2.16. The summed E-state index contributed by atoms with van der Waals surface area (Å²) in [6.45, 7) is 1.87. The number of fused-ring (bicyclic) bond motifs is 1. The predicted molar refractivity (Wildman–Crippen MR) is 76.9 cm³/mol. The van der Waals surface area contributed by atoms with Crippen molar-refractivity contribution in [2.45, 2.75) is 13.0 Å². The molecule has 0 aliphatic rings. The van der Waals surface area contributed by atoms with E-state index in [0.29, 0.717) is 17.2 Å². The first-order chi connectivity index (χ1) is 9.66. The number of hydrogen-bond acceptors (Lipinski definition) is 4. The summed E-state index contributed by atoms with van der Waals surface area (Å²) < 4.78 is 16.2. The number of hydrogen-bond donors (Lipinski definition) is 1. The lowest BCUT2D eigenvalue weighted by atomic mass is 10.1. The summed E-state index contributed by atoms with van der Waals surface area (Å²) in [6, 6.07) is 6.43. The molecule has 0 aliphatic carbocycles. The number of benzene rings is 1. The van der Waals surface area contributed by atoms with E-state index in [1.165, 1.54) is 6.07 Å². The fraction of sp³-hybridized carbons (Fsp3) is 0.154. The van der Waals surface area contributed by atoms with Gasteiger partial charge in [-0.1, -0.05) is 18.2 Å². The summed E-state index contributed by atoms with van der Waals surface area (Å²) >= 11 is 3.36. The summed E-state index contributed by atoms with van der Waals surface area (Å²) in [4.78, 5) is 4.28. The average Bonchev–Trinajstić information content (AvgIpc) is 2.93. The van der Waals surface area contributed by atoms with Crippen LogP contribution in [0.4, 0.5) is 10.3 Å². The number of halogens is 2. The smallest absolute Gasteiger partial charge is 0.210 e. The highest BCUT2D eigenvalue weighted by Gasteiger charge is 2.13. The van der Waals surface area contributed by atoms with Crippen LogP contribution in [0.15, 0.2) is 41.3 Å². The molecular weight excluding hydrogens is 325 g/mol. The molecule has 0 aliphatic heterocycles. The van der Waals surface area contributed by atoms with Gasteiger partial charge in [-0.15, -0.1) is 10.2 Å². The maximum Gasteiger partial charge on any atom is 0.210 e. The maximum absolute atomic E-state index is 13.8. The van der Waals surface area contributed by atoms with Crippen molar-refractivity contribution in [3.63, 3.8) is 0 Å². The lowest BCUT2D eigenvalue weighted by Crippen LogP contribution is -2.12. The van der Waals surface area contributed by atoms with Gasteiger partial charge in [-0.25, -0.2) is 9.37 Å². The van der Waals surface area contributed by atoms with E-state index in [9.17, 15) is 4.39 Å². The van der Waals surface area contributed by atoms with Crippen LogP contribution in [0.5, 0.6) is 0 Å². The first-order valence-electron chi connectivity index (χ1n) is 6.02. The van der Waals surface area contributed by atoms with Gasteiger partial charge in [-0.05, 0) is 28.9 Å². The van der Waals surface area contributed by atoms with Crippen molar-refractivity contribution in [2.75, 3.05) is 5.32 Å². The number of nitrogens with one attached hydrogen (secondary N) is 1. The van der Waals surface area contributed by atoms with Gasteiger partial charge in [-0.2, -0.15) is 0 Å². The Kier molecular flexibility index (Phi) is 3.35. The molecule has 5 nitrogen and oxygen atoms in total. The number of rotatable bonds is 3. The number of aromatic nitrogens is 4. The molecule has 0 spiro atoms. The third kappa shape index (κ3) is 2.24. The molecule has 0 bridgehead atoms. The van der Waals surface area contributed by atoms with Gasteiger partial charge in [0.1, 0.15) is 12.1 Å². The molecule has 0 saturated heterocycles. The molecule has 0 radical (unpaired) electrons. The van der Waals surface area contributed by atoms with Gasteiger partial charge in [0, 0.05) is 11.8 Å². The van der Waals surface area contributed by atoms with Crippen LogP contribution in [-0.4, -0.2) is 19.6 Å². The largest absolute Gasteiger partial charge is 0.349 e. The fourth-order valence-electron chi connectivity index (χ4n) is 2.00. The number of anilines is 1. The van der Waals surface area contributed by atoms with Crippen molar-refractivity contribution in [2.24, 2.45) is 0 Å². The molecule has 0 fully saturated rings. The van der Waals surface area contributed by atoms with E-state index in [4.69, 9.17) is 0 Å². The Bertz CT molecular complexity index is 757. The van der Waals surface area contributed by atoms with Crippen molar-refractivity contribution >= 4 is 27.5 Å². The SMILES string of the molecule is CC(Nc1ncc(Br)c2nncn12)c1ccccc1F. The lowest BCUT2D eigenvalue weighted by molar-refractivity contribution is 0.599. The van der Waals surface area contributed by atoms with Crippen molar-refractivity contribution in [3.8, 4) is 0 Å². The van der Waals surface area contributed by atoms with Gasteiger partial charge >= 0.3 is 0 Å². The Morgan fingerprint density at radius 3 is 2.95 bits per heavy atom. The normalized spacial score (nSPS) is 12.6. The van der Waals surface area contributed by atoms with Crippen LogP contribution in [0.3, 0.4) is 0 Å².